The molecule has 0 rings (SSSR count). The van der Waals surface area contributed by atoms with E-state index in [1.54, 1.807) is 0 Å². The Hall–Kier alpha value is -1.59. The van der Waals surface area contributed by atoms with Crippen molar-refractivity contribution < 1.29 is 28.6 Å². The average Bonchev–Trinajstić information content (AvgIpc) is 3.11. The van der Waals surface area contributed by atoms with E-state index in [0.717, 1.165) is 70.1 Å². The van der Waals surface area contributed by atoms with Crippen molar-refractivity contribution in [2.24, 2.45) is 5.92 Å². The SMILES string of the molecule is CCCCCCCCCCCCCCCCCCCC(=O)OC[C@@H](COC(=O)CCCCCCCCCCC(C)C)OC(=O)CCCCCCC. The highest BCUT2D eigenvalue weighted by molar-refractivity contribution is 5.71. The quantitative estimate of drug-likeness (QED) is 0.0356. The molecule has 6 heteroatoms. The fourth-order valence-electron chi connectivity index (χ4n) is 6.63. The van der Waals surface area contributed by atoms with E-state index in [2.05, 4.69) is 27.7 Å². The van der Waals surface area contributed by atoms with Crippen LogP contribution in [0.1, 0.15) is 246 Å². The lowest BCUT2D eigenvalue weighted by molar-refractivity contribution is -0.167. The lowest BCUT2D eigenvalue weighted by atomic mass is 10.0. The third kappa shape index (κ3) is 39.5. The van der Waals surface area contributed by atoms with Gasteiger partial charge in [-0.2, -0.15) is 0 Å². The van der Waals surface area contributed by atoms with Crippen LogP contribution in [0.25, 0.3) is 0 Å². The molecule has 0 saturated carbocycles. The number of ether oxygens (including phenoxy) is 3. The highest BCUT2D eigenvalue weighted by atomic mass is 16.6. The van der Waals surface area contributed by atoms with Crippen LogP contribution in [0.3, 0.4) is 0 Å². The molecule has 6 nitrogen and oxygen atoms in total. The van der Waals surface area contributed by atoms with Gasteiger partial charge in [-0.15, -0.1) is 0 Å². The minimum atomic E-state index is -0.757. The molecule has 0 bridgehead atoms. The molecule has 1 atom stereocenters. The van der Waals surface area contributed by atoms with Crippen molar-refractivity contribution in [1.29, 1.82) is 0 Å². The van der Waals surface area contributed by atoms with Crippen molar-refractivity contribution in [2.75, 3.05) is 13.2 Å². The van der Waals surface area contributed by atoms with Crippen LogP contribution in [0.2, 0.25) is 0 Å². The van der Waals surface area contributed by atoms with E-state index in [4.69, 9.17) is 14.2 Å². The summed E-state index contributed by atoms with van der Waals surface area (Å²) < 4.78 is 16.6. The van der Waals surface area contributed by atoms with Gasteiger partial charge in [0.25, 0.3) is 0 Å². The molecule has 0 aromatic carbocycles. The maximum absolute atomic E-state index is 12.5. The average molecular weight is 723 g/mol. The molecular formula is C45H86O6. The fourth-order valence-corrected chi connectivity index (χ4v) is 6.63. The third-order valence-corrected chi connectivity index (χ3v) is 10.0. The van der Waals surface area contributed by atoms with E-state index in [1.807, 2.05) is 0 Å². The van der Waals surface area contributed by atoms with Crippen LogP contribution in [0.4, 0.5) is 0 Å². The number of unbranched alkanes of at least 4 members (excludes halogenated alkanes) is 27. The summed E-state index contributed by atoms with van der Waals surface area (Å²) in [6.45, 7) is 8.88. The number of carbonyl (C=O) groups is 3. The van der Waals surface area contributed by atoms with E-state index in [9.17, 15) is 14.4 Å². The summed E-state index contributed by atoms with van der Waals surface area (Å²) in [4.78, 5) is 37.4. The van der Waals surface area contributed by atoms with Crippen molar-refractivity contribution >= 4 is 17.9 Å². The van der Waals surface area contributed by atoms with Crippen molar-refractivity contribution in [1.82, 2.24) is 0 Å². The van der Waals surface area contributed by atoms with Gasteiger partial charge in [0.15, 0.2) is 6.10 Å². The van der Waals surface area contributed by atoms with Crippen LogP contribution in [0.5, 0.6) is 0 Å². The van der Waals surface area contributed by atoms with Gasteiger partial charge in [0.2, 0.25) is 0 Å². The van der Waals surface area contributed by atoms with E-state index in [0.29, 0.717) is 19.3 Å². The fraction of sp³-hybridized carbons (Fsp3) is 0.933. The Kier molecular flexibility index (Phi) is 38.4. The van der Waals surface area contributed by atoms with E-state index < -0.39 is 6.10 Å². The highest BCUT2D eigenvalue weighted by Gasteiger charge is 2.19. The Morgan fingerprint density at radius 1 is 0.373 bits per heavy atom. The molecule has 0 spiro atoms. The van der Waals surface area contributed by atoms with Gasteiger partial charge in [0.1, 0.15) is 13.2 Å². The number of rotatable bonds is 40. The first-order valence-corrected chi connectivity index (χ1v) is 22.4. The maximum atomic E-state index is 12.5. The zero-order valence-corrected chi connectivity index (χ0v) is 34.6. The van der Waals surface area contributed by atoms with Crippen LogP contribution in [0.15, 0.2) is 0 Å². The molecule has 0 saturated heterocycles. The molecule has 0 fully saturated rings. The van der Waals surface area contributed by atoms with Gasteiger partial charge >= 0.3 is 17.9 Å². The molecule has 0 aromatic rings. The number of hydrogen-bond donors (Lipinski definition) is 0. The third-order valence-electron chi connectivity index (χ3n) is 10.0. The zero-order valence-electron chi connectivity index (χ0n) is 34.6. The Labute approximate surface area is 317 Å². The van der Waals surface area contributed by atoms with Gasteiger partial charge in [0, 0.05) is 19.3 Å². The van der Waals surface area contributed by atoms with Crippen LogP contribution in [0, 0.1) is 5.92 Å². The van der Waals surface area contributed by atoms with Crippen LogP contribution < -0.4 is 0 Å². The van der Waals surface area contributed by atoms with Crippen molar-refractivity contribution in [2.45, 2.75) is 252 Å². The largest absolute Gasteiger partial charge is 0.462 e. The predicted molar refractivity (Wildman–Crippen MR) is 215 cm³/mol. The topological polar surface area (TPSA) is 78.9 Å². The summed E-state index contributed by atoms with van der Waals surface area (Å²) in [5.74, 6) is -0.0753. The minimum Gasteiger partial charge on any atom is -0.462 e. The molecule has 0 aromatic heterocycles. The Balaban J connectivity index is 4.11. The molecule has 51 heavy (non-hydrogen) atoms. The molecule has 0 N–H and O–H groups in total. The van der Waals surface area contributed by atoms with E-state index >= 15 is 0 Å². The summed E-state index contributed by atoms with van der Waals surface area (Å²) >= 11 is 0. The first-order chi connectivity index (χ1) is 24.9. The second-order valence-electron chi connectivity index (χ2n) is 15.8. The lowest BCUT2D eigenvalue weighted by Crippen LogP contribution is -2.30. The number of hydrogen-bond acceptors (Lipinski definition) is 6. The van der Waals surface area contributed by atoms with Gasteiger partial charge < -0.3 is 14.2 Å². The summed E-state index contributed by atoms with van der Waals surface area (Å²) in [5.41, 5.74) is 0. The highest BCUT2D eigenvalue weighted by Crippen LogP contribution is 2.16. The molecule has 0 radical (unpaired) electrons. The molecule has 0 aliphatic carbocycles. The molecule has 0 amide bonds. The molecule has 0 aliphatic heterocycles. The van der Waals surface area contributed by atoms with E-state index in [-0.39, 0.29) is 31.1 Å². The lowest BCUT2D eigenvalue weighted by Gasteiger charge is -2.18. The van der Waals surface area contributed by atoms with Gasteiger partial charge in [0.05, 0.1) is 0 Å². The summed E-state index contributed by atoms with van der Waals surface area (Å²) in [7, 11) is 0. The van der Waals surface area contributed by atoms with Crippen LogP contribution in [-0.4, -0.2) is 37.2 Å². The normalized spacial score (nSPS) is 11.9. The van der Waals surface area contributed by atoms with E-state index in [1.165, 1.54) is 135 Å². The Morgan fingerprint density at radius 2 is 0.647 bits per heavy atom. The second-order valence-corrected chi connectivity index (χ2v) is 15.8. The van der Waals surface area contributed by atoms with Gasteiger partial charge in [-0.3, -0.25) is 14.4 Å². The first kappa shape index (κ1) is 49.4. The number of carbonyl (C=O) groups excluding carboxylic acids is 3. The summed E-state index contributed by atoms with van der Waals surface area (Å²) in [6, 6.07) is 0. The zero-order chi connectivity index (χ0) is 37.5. The van der Waals surface area contributed by atoms with Crippen LogP contribution >= 0.6 is 0 Å². The second kappa shape index (κ2) is 39.6. The first-order valence-electron chi connectivity index (χ1n) is 22.4. The van der Waals surface area contributed by atoms with Crippen molar-refractivity contribution in [3.8, 4) is 0 Å². The smallest absolute Gasteiger partial charge is 0.306 e. The van der Waals surface area contributed by atoms with Crippen LogP contribution in [-0.2, 0) is 28.6 Å². The van der Waals surface area contributed by atoms with Gasteiger partial charge in [-0.25, -0.2) is 0 Å². The number of esters is 3. The molecule has 0 aliphatic rings. The monoisotopic (exact) mass is 723 g/mol. The molecule has 302 valence electrons. The van der Waals surface area contributed by atoms with Crippen molar-refractivity contribution in [3.05, 3.63) is 0 Å². The molecule has 0 heterocycles. The van der Waals surface area contributed by atoms with Gasteiger partial charge in [-0.1, -0.05) is 207 Å². The predicted octanol–water partition coefficient (Wildman–Crippen LogP) is 13.9. The summed E-state index contributed by atoms with van der Waals surface area (Å²) in [6.07, 6.45) is 38.4. The molecule has 0 unspecified atom stereocenters. The van der Waals surface area contributed by atoms with Crippen molar-refractivity contribution in [3.63, 3.8) is 0 Å². The van der Waals surface area contributed by atoms with Gasteiger partial charge in [-0.05, 0) is 25.2 Å². The molecular weight excluding hydrogens is 636 g/mol. The maximum Gasteiger partial charge on any atom is 0.306 e. The Bertz CT molecular complexity index is 766. The summed E-state index contributed by atoms with van der Waals surface area (Å²) in [5, 5.41) is 0. The Morgan fingerprint density at radius 3 is 0.961 bits per heavy atom. The minimum absolute atomic E-state index is 0.0657. The standard InChI is InChI=1S/C45H86O6/c1-5-7-9-11-12-13-14-15-16-17-18-19-20-21-25-29-32-36-43(46)49-39-42(51-45(48)38-34-27-10-8-6-2)40-50-44(47)37-33-30-26-23-22-24-28-31-35-41(3)4/h41-42H,5-40H2,1-4H3/t42-/m0/s1.